The number of carboxylic acid groups (broad SMARTS) is 1. The van der Waals surface area contributed by atoms with E-state index in [1.54, 1.807) is 6.07 Å². The Morgan fingerprint density at radius 3 is 2.14 bits per heavy atom. The first kappa shape index (κ1) is 27.6. The van der Waals surface area contributed by atoms with Gasteiger partial charge in [-0.3, -0.25) is 9.59 Å². The maximum atomic E-state index is 13.2. The zero-order valence-electron chi connectivity index (χ0n) is 21.7. The van der Waals surface area contributed by atoms with E-state index in [-0.39, 0.29) is 22.5 Å². The van der Waals surface area contributed by atoms with Crippen LogP contribution in [0, 0.1) is 0 Å². The minimum absolute atomic E-state index is 0.0230. The van der Waals surface area contributed by atoms with Crippen molar-refractivity contribution >= 4 is 22.9 Å². The van der Waals surface area contributed by atoms with Crippen LogP contribution in [-0.2, 0) is 9.53 Å². The molecule has 42 heavy (non-hydrogen) atoms. The standard InChI is InChI=1S/C30H22O12/c1-40-23(35)11-16(22-9-8-21(41-22)13-2-4-14(5-3-13)30(38)39)24-19(33)12-20(34)25-26(36)27(37)28(42-29(24)25)15-6-7-17(31)18(32)10-15/h2-10,12,16,31-34,37H,11H2,1H3,(H,38,39)/t16-/m1/s1. The van der Waals surface area contributed by atoms with E-state index in [0.717, 1.165) is 25.3 Å². The molecule has 5 aromatic rings. The molecule has 0 fully saturated rings. The van der Waals surface area contributed by atoms with Gasteiger partial charge in [-0.1, -0.05) is 12.1 Å². The third-order valence-electron chi connectivity index (χ3n) is 6.71. The largest absolute Gasteiger partial charge is 0.507 e. The Morgan fingerprint density at radius 1 is 0.810 bits per heavy atom. The quantitative estimate of drug-likeness (QED) is 0.116. The number of carbonyl (C=O) groups is 2. The number of furan rings is 1. The SMILES string of the molecule is COC(=O)C[C@H](c1ccc(-c2ccc(C(=O)O)cc2)o1)c1c(O)cc(O)c2c(=O)c(O)c(-c3ccc(O)c(O)c3)oc12. The van der Waals surface area contributed by atoms with Crippen molar-refractivity contribution in [1.29, 1.82) is 0 Å². The summed E-state index contributed by atoms with van der Waals surface area (Å²) in [7, 11) is 1.15. The second-order valence-electron chi connectivity index (χ2n) is 9.26. The third-order valence-corrected chi connectivity index (χ3v) is 6.71. The highest BCUT2D eigenvalue weighted by Gasteiger charge is 2.32. The number of carboxylic acids is 1. The number of aromatic carboxylic acids is 1. The van der Waals surface area contributed by atoms with Crippen LogP contribution >= 0.6 is 0 Å². The molecule has 6 N–H and O–H groups in total. The van der Waals surface area contributed by atoms with E-state index >= 15 is 0 Å². The van der Waals surface area contributed by atoms with Crippen molar-refractivity contribution in [1.82, 2.24) is 0 Å². The van der Waals surface area contributed by atoms with E-state index in [2.05, 4.69) is 0 Å². The van der Waals surface area contributed by atoms with Crippen molar-refractivity contribution < 1.29 is 53.8 Å². The van der Waals surface area contributed by atoms with Gasteiger partial charge in [-0.25, -0.2) is 4.79 Å². The van der Waals surface area contributed by atoms with Crippen molar-refractivity contribution in [2.75, 3.05) is 7.11 Å². The van der Waals surface area contributed by atoms with E-state index in [4.69, 9.17) is 18.7 Å². The summed E-state index contributed by atoms with van der Waals surface area (Å²) in [5.74, 6) is -6.30. The van der Waals surface area contributed by atoms with Crippen LogP contribution < -0.4 is 5.43 Å². The summed E-state index contributed by atoms with van der Waals surface area (Å²) >= 11 is 0. The molecule has 0 unspecified atom stereocenters. The summed E-state index contributed by atoms with van der Waals surface area (Å²) in [5.41, 5.74) is -1.08. The van der Waals surface area contributed by atoms with Crippen molar-refractivity contribution in [3.8, 4) is 51.4 Å². The Bertz CT molecular complexity index is 1910. The number of hydrogen-bond donors (Lipinski definition) is 6. The fourth-order valence-corrected chi connectivity index (χ4v) is 4.61. The van der Waals surface area contributed by atoms with Crippen molar-refractivity contribution in [2.45, 2.75) is 12.3 Å². The Hall–Kier alpha value is -5.91. The molecule has 0 aliphatic carbocycles. The summed E-state index contributed by atoms with van der Waals surface area (Å²) in [6, 6.07) is 13.1. The maximum absolute atomic E-state index is 13.2. The van der Waals surface area contributed by atoms with Gasteiger partial charge in [0.1, 0.15) is 34.0 Å². The number of rotatable bonds is 7. The monoisotopic (exact) mass is 574 g/mol. The van der Waals surface area contributed by atoms with Crippen LogP contribution in [0.3, 0.4) is 0 Å². The van der Waals surface area contributed by atoms with Gasteiger partial charge >= 0.3 is 11.9 Å². The maximum Gasteiger partial charge on any atom is 0.335 e. The lowest BCUT2D eigenvalue weighted by atomic mass is 9.90. The zero-order valence-corrected chi connectivity index (χ0v) is 21.7. The van der Waals surface area contributed by atoms with Gasteiger partial charge in [0.25, 0.3) is 0 Å². The fraction of sp³-hybridized carbons (Fsp3) is 0.100. The lowest BCUT2D eigenvalue weighted by Gasteiger charge is -2.18. The first-order valence-corrected chi connectivity index (χ1v) is 12.3. The van der Waals surface area contributed by atoms with Crippen molar-refractivity contribution in [2.24, 2.45) is 0 Å². The molecule has 3 aromatic carbocycles. The minimum Gasteiger partial charge on any atom is -0.507 e. The van der Waals surface area contributed by atoms with E-state index in [1.807, 2.05) is 0 Å². The molecule has 0 aliphatic rings. The number of phenols is 4. The van der Waals surface area contributed by atoms with Crippen LogP contribution in [0.4, 0.5) is 0 Å². The summed E-state index contributed by atoms with van der Waals surface area (Å²) in [5, 5.41) is 60.5. The molecular formula is C30H22O12. The van der Waals surface area contributed by atoms with Gasteiger partial charge in [0.2, 0.25) is 11.2 Å². The average Bonchev–Trinajstić information content (AvgIpc) is 3.45. The first-order valence-electron chi connectivity index (χ1n) is 12.3. The van der Waals surface area contributed by atoms with Gasteiger partial charge in [0.15, 0.2) is 17.3 Å². The normalized spacial score (nSPS) is 11.8. The highest BCUT2D eigenvalue weighted by atomic mass is 16.5. The summed E-state index contributed by atoms with van der Waals surface area (Å²) in [4.78, 5) is 37.0. The highest BCUT2D eigenvalue weighted by Crippen LogP contribution is 2.45. The number of aromatic hydroxyl groups is 5. The molecule has 2 aromatic heterocycles. The molecule has 214 valence electrons. The summed E-state index contributed by atoms with van der Waals surface area (Å²) < 4.78 is 16.7. The van der Waals surface area contributed by atoms with Crippen LogP contribution in [0.25, 0.3) is 33.6 Å². The highest BCUT2D eigenvalue weighted by molar-refractivity contribution is 5.92. The number of methoxy groups -OCH3 is 1. The zero-order chi connectivity index (χ0) is 30.3. The number of benzene rings is 3. The lowest BCUT2D eigenvalue weighted by Crippen LogP contribution is -2.12. The molecule has 12 heteroatoms. The number of hydrogen-bond acceptors (Lipinski definition) is 11. The Kier molecular flexibility index (Phi) is 6.96. The number of ether oxygens (including phenoxy) is 1. The summed E-state index contributed by atoms with van der Waals surface area (Å²) in [6.45, 7) is 0. The molecule has 0 aliphatic heterocycles. The molecule has 0 amide bonds. The van der Waals surface area contributed by atoms with Crippen molar-refractivity contribution in [3.05, 3.63) is 87.8 Å². The van der Waals surface area contributed by atoms with Gasteiger partial charge in [0.05, 0.1) is 25.0 Å². The smallest absolute Gasteiger partial charge is 0.335 e. The molecule has 0 saturated heterocycles. The van der Waals surface area contributed by atoms with E-state index in [9.17, 15) is 39.9 Å². The lowest BCUT2D eigenvalue weighted by molar-refractivity contribution is -0.140. The third kappa shape index (κ3) is 4.81. The second kappa shape index (κ2) is 10.6. The van der Waals surface area contributed by atoms with Crippen molar-refractivity contribution in [3.63, 3.8) is 0 Å². The Labute approximate surface area is 235 Å². The Balaban J connectivity index is 1.74. The fourth-order valence-electron chi connectivity index (χ4n) is 4.61. The molecule has 0 bridgehead atoms. The molecule has 12 nitrogen and oxygen atoms in total. The van der Waals surface area contributed by atoms with Crippen LogP contribution in [0.1, 0.15) is 34.0 Å². The molecular weight excluding hydrogens is 552 g/mol. The van der Waals surface area contributed by atoms with Crippen LogP contribution in [0.5, 0.6) is 28.7 Å². The molecule has 0 radical (unpaired) electrons. The molecule has 5 rings (SSSR count). The van der Waals surface area contributed by atoms with Crippen LogP contribution in [0.15, 0.2) is 74.3 Å². The number of phenolic OH excluding ortho intramolecular Hbond substituents is 4. The number of fused-ring (bicyclic) bond motifs is 1. The number of esters is 1. The molecule has 2 heterocycles. The van der Waals surface area contributed by atoms with Gasteiger partial charge in [-0.15, -0.1) is 0 Å². The van der Waals surface area contributed by atoms with Gasteiger partial charge in [0, 0.05) is 22.8 Å². The molecule has 0 spiro atoms. The van der Waals surface area contributed by atoms with E-state index < -0.39 is 75.2 Å². The van der Waals surface area contributed by atoms with E-state index in [0.29, 0.717) is 11.3 Å². The summed E-state index contributed by atoms with van der Waals surface area (Å²) in [6.07, 6.45) is -0.422. The predicted octanol–water partition coefficient (Wildman–Crippen LogP) is 4.64. The van der Waals surface area contributed by atoms with Gasteiger partial charge < -0.3 is 44.2 Å². The second-order valence-corrected chi connectivity index (χ2v) is 9.26. The van der Waals surface area contributed by atoms with Crippen LogP contribution in [-0.4, -0.2) is 49.7 Å². The minimum atomic E-state index is -1.15. The van der Waals surface area contributed by atoms with Gasteiger partial charge in [-0.2, -0.15) is 0 Å². The first-order chi connectivity index (χ1) is 20.0. The van der Waals surface area contributed by atoms with Crippen LogP contribution in [0.2, 0.25) is 0 Å². The molecule has 1 atom stereocenters. The Morgan fingerprint density at radius 2 is 1.50 bits per heavy atom. The number of carbonyl (C=O) groups excluding carboxylic acids is 1. The molecule has 0 saturated carbocycles. The van der Waals surface area contributed by atoms with Gasteiger partial charge in [-0.05, 0) is 42.5 Å². The predicted molar refractivity (Wildman–Crippen MR) is 146 cm³/mol. The topological polar surface area (TPSA) is 208 Å². The average molecular weight is 574 g/mol. The van der Waals surface area contributed by atoms with E-state index in [1.165, 1.54) is 36.4 Å².